The van der Waals surface area contributed by atoms with E-state index in [0.717, 1.165) is 31.4 Å². The smallest absolute Gasteiger partial charge is 0.0628 e. The molecule has 1 rings (SSSR count). The van der Waals surface area contributed by atoms with E-state index in [1.54, 1.807) is 0 Å². The molecule has 1 saturated carbocycles. The first-order valence-electron chi connectivity index (χ1n) is 3.96. The Morgan fingerprint density at radius 2 is 2.45 bits per heavy atom. The summed E-state index contributed by atoms with van der Waals surface area (Å²) in [6.07, 6.45) is 4.63. The van der Waals surface area contributed by atoms with Crippen LogP contribution in [-0.2, 0) is 0 Å². The standard InChI is InChI=1S/C8H12N2O/c9-6-5-7-3-1-2-4-8(7)10-11/h7,11H,1-5H2. The summed E-state index contributed by atoms with van der Waals surface area (Å²) in [5.74, 6) is 0.221. The summed E-state index contributed by atoms with van der Waals surface area (Å²) in [7, 11) is 0. The molecule has 0 radical (unpaired) electrons. The Balaban J connectivity index is 2.53. The molecule has 1 fully saturated rings. The molecule has 0 aromatic carbocycles. The fraction of sp³-hybridized carbons (Fsp3) is 0.750. The predicted molar refractivity (Wildman–Crippen MR) is 41.4 cm³/mol. The average Bonchev–Trinajstić information content (AvgIpc) is 2.06. The third-order valence-corrected chi connectivity index (χ3v) is 2.17. The van der Waals surface area contributed by atoms with Gasteiger partial charge in [0.25, 0.3) is 0 Å². The third-order valence-electron chi connectivity index (χ3n) is 2.17. The first-order valence-corrected chi connectivity index (χ1v) is 3.96. The van der Waals surface area contributed by atoms with E-state index in [0.29, 0.717) is 6.42 Å². The van der Waals surface area contributed by atoms with E-state index in [2.05, 4.69) is 11.2 Å². The van der Waals surface area contributed by atoms with Crippen molar-refractivity contribution in [1.82, 2.24) is 0 Å². The second kappa shape index (κ2) is 3.97. The van der Waals surface area contributed by atoms with E-state index in [-0.39, 0.29) is 5.92 Å². The molecule has 0 aliphatic heterocycles. The first kappa shape index (κ1) is 8.06. The van der Waals surface area contributed by atoms with Gasteiger partial charge in [0, 0.05) is 12.3 Å². The van der Waals surface area contributed by atoms with E-state index in [1.165, 1.54) is 0 Å². The summed E-state index contributed by atoms with van der Waals surface area (Å²) in [4.78, 5) is 0. The van der Waals surface area contributed by atoms with Gasteiger partial charge in [-0.2, -0.15) is 5.26 Å². The lowest BCUT2D eigenvalue weighted by Crippen LogP contribution is -2.18. The highest BCUT2D eigenvalue weighted by molar-refractivity contribution is 5.87. The summed E-state index contributed by atoms with van der Waals surface area (Å²) in [6.45, 7) is 0. The van der Waals surface area contributed by atoms with Gasteiger partial charge in [0.05, 0.1) is 11.8 Å². The molecule has 1 unspecified atom stereocenters. The molecule has 0 aromatic rings. The molecule has 0 saturated heterocycles. The van der Waals surface area contributed by atoms with Crippen molar-refractivity contribution >= 4 is 5.71 Å². The maximum Gasteiger partial charge on any atom is 0.0628 e. The molecule has 1 N–H and O–H groups in total. The van der Waals surface area contributed by atoms with Crippen molar-refractivity contribution in [3.8, 4) is 6.07 Å². The van der Waals surface area contributed by atoms with Gasteiger partial charge < -0.3 is 5.21 Å². The Morgan fingerprint density at radius 3 is 3.09 bits per heavy atom. The Morgan fingerprint density at radius 1 is 1.64 bits per heavy atom. The Labute approximate surface area is 66.3 Å². The molecule has 0 spiro atoms. The van der Waals surface area contributed by atoms with Crippen LogP contribution in [-0.4, -0.2) is 10.9 Å². The SMILES string of the molecule is N#CCC1CCCCC1=NO. The van der Waals surface area contributed by atoms with Gasteiger partial charge in [0.15, 0.2) is 0 Å². The molecule has 0 heterocycles. The van der Waals surface area contributed by atoms with Gasteiger partial charge in [-0.25, -0.2) is 0 Å². The second-order valence-corrected chi connectivity index (χ2v) is 2.90. The normalized spacial score (nSPS) is 28.3. The van der Waals surface area contributed by atoms with Gasteiger partial charge in [-0.05, 0) is 19.3 Å². The lowest BCUT2D eigenvalue weighted by molar-refractivity contribution is 0.309. The zero-order chi connectivity index (χ0) is 8.10. The van der Waals surface area contributed by atoms with E-state index in [4.69, 9.17) is 10.5 Å². The minimum atomic E-state index is 0.221. The minimum absolute atomic E-state index is 0.221. The van der Waals surface area contributed by atoms with Gasteiger partial charge in [-0.15, -0.1) is 0 Å². The zero-order valence-corrected chi connectivity index (χ0v) is 6.45. The number of hydrogen-bond acceptors (Lipinski definition) is 3. The number of rotatable bonds is 1. The summed E-state index contributed by atoms with van der Waals surface area (Å²) < 4.78 is 0. The van der Waals surface area contributed by atoms with Crippen LogP contribution in [0.3, 0.4) is 0 Å². The highest BCUT2D eigenvalue weighted by Crippen LogP contribution is 2.23. The predicted octanol–water partition coefficient (Wildman–Crippen LogP) is 1.92. The van der Waals surface area contributed by atoms with Gasteiger partial charge >= 0.3 is 0 Å². The zero-order valence-electron chi connectivity index (χ0n) is 6.45. The van der Waals surface area contributed by atoms with Gasteiger partial charge in [0.2, 0.25) is 0 Å². The van der Waals surface area contributed by atoms with E-state index in [9.17, 15) is 0 Å². The van der Waals surface area contributed by atoms with E-state index < -0.39 is 0 Å². The van der Waals surface area contributed by atoms with Gasteiger partial charge in [-0.3, -0.25) is 0 Å². The molecule has 0 amide bonds. The minimum Gasteiger partial charge on any atom is -0.411 e. The second-order valence-electron chi connectivity index (χ2n) is 2.90. The van der Waals surface area contributed by atoms with E-state index >= 15 is 0 Å². The fourth-order valence-corrected chi connectivity index (χ4v) is 1.53. The lowest BCUT2D eigenvalue weighted by atomic mass is 9.85. The lowest BCUT2D eigenvalue weighted by Gasteiger charge is -2.19. The number of hydrogen-bond donors (Lipinski definition) is 1. The molecule has 1 aliphatic carbocycles. The Hall–Kier alpha value is -1.04. The summed E-state index contributed by atoms with van der Waals surface area (Å²) >= 11 is 0. The number of nitrogens with zero attached hydrogens (tertiary/aromatic N) is 2. The monoisotopic (exact) mass is 152 g/mol. The molecule has 0 bridgehead atoms. The quantitative estimate of drug-likeness (QED) is 0.461. The van der Waals surface area contributed by atoms with Gasteiger partial charge in [-0.1, -0.05) is 11.6 Å². The van der Waals surface area contributed by atoms with Crippen molar-refractivity contribution in [2.45, 2.75) is 32.1 Å². The molecular formula is C8H12N2O. The molecular weight excluding hydrogens is 140 g/mol. The molecule has 3 nitrogen and oxygen atoms in total. The molecule has 11 heavy (non-hydrogen) atoms. The van der Waals surface area contributed by atoms with Crippen molar-refractivity contribution in [2.75, 3.05) is 0 Å². The van der Waals surface area contributed by atoms with Crippen molar-refractivity contribution in [3.05, 3.63) is 0 Å². The summed E-state index contributed by atoms with van der Waals surface area (Å²) in [5, 5.41) is 20.2. The Bertz CT molecular complexity index is 193. The van der Waals surface area contributed by atoms with Crippen LogP contribution >= 0.6 is 0 Å². The fourth-order valence-electron chi connectivity index (χ4n) is 1.53. The summed E-state index contributed by atoms with van der Waals surface area (Å²) in [6, 6.07) is 2.11. The molecule has 1 atom stereocenters. The van der Waals surface area contributed by atoms with Crippen molar-refractivity contribution in [3.63, 3.8) is 0 Å². The molecule has 60 valence electrons. The van der Waals surface area contributed by atoms with Crippen LogP contribution < -0.4 is 0 Å². The van der Waals surface area contributed by atoms with Crippen LogP contribution in [0.15, 0.2) is 5.16 Å². The highest BCUT2D eigenvalue weighted by atomic mass is 16.4. The number of nitriles is 1. The maximum absolute atomic E-state index is 8.57. The van der Waals surface area contributed by atoms with Gasteiger partial charge in [0.1, 0.15) is 0 Å². The van der Waals surface area contributed by atoms with Crippen LogP contribution in [0.2, 0.25) is 0 Å². The first-order chi connectivity index (χ1) is 5.38. The van der Waals surface area contributed by atoms with Crippen LogP contribution in [0.5, 0.6) is 0 Å². The largest absolute Gasteiger partial charge is 0.411 e. The van der Waals surface area contributed by atoms with E-state index in [1.807, 2.05) is 0 Å². The molecule has 3 heteroatoms. The molecule has 1 aliphatic rings. The maximum atomic E-state index is 8.57. The van der Waals surface area contributed by atoms with Crippen LogP contribution in [0, 0.1) is 17.2 Å². The van der Waals surface area contributed by atoms with Crippen molar-refractivity contribution < 1.29 is 5.21 Å². The number of oxime groups is 1. The Kier molecular flexibility index (Phi) is 2.91. The summed E-state index contributed by atoms with van der Waals surface area (Å²) in [5.41, 5.74) is 0.817. The third kappa shape index (κ3) is 1.94. The van der Waals surface area contributed by atoms with Crippen LogP contribution in [0.1, 0.15) is 32.1 Å². The van der Waals surface area contributed by atoms with Crippen LogP contribution in [0.4, 0.5) is 0 Å². The highest BCUT2D eigenvalue weighted by Gasteiger charge is 2.20. The van der Waals surface area contributed by atoms with Crippen molar-refractivity contribution in [1.29, 1.82) is 5.26 Å². The van der Waals surface area contributed by atoms with Crippen LogP contribution in [0.25, 0.3) is 0 Å². The average molecular weight is 152 g/mol. The topological polar surface area (TPSA) is 56.4 Å². The van der Waals surface area contributed by atoms with Crippen molar-refractivity contribution in [2.24, 2.45) is 11.1 Å². The molecule has 0 aromatic heterocycles.